The van der Waals surface area contributed by atoms with Crippen molar-refractivity contribution in [1.82, 2.24) is 4.90 Å². The van der Waals surface area contributed by atoms with Crippen molar-refractivity contribution in [2.45, 2.75) is 26.7 Å². The first-order valence-electron chi connectivity index (χ1n) is 8.35. The van der Waals surface area contributed by atoms with Gasteiger partial charge in [-0.25, -0.2) is 0 Å². The topological polar surface area (TPSA) is 64.8 Å². The largest absolute Gasteiger partial charge is 0.493 e. The number of benzene rings is 1. The summed E-state index contributed by atoms with van der Waals surface area (Å²) in [5.74, 6) is 2.33. The van der Waals surface area contributed by atoms with E-state index in [1.54, 1.807) is 13.2 Å². The molecule has 1 aliphatic heterocycles. The first-order valence-corrected chi connectivity index (χ1v) is 8.35. The third-order valence-corrected chi connectivity index (χ3v) is 4.27. The molecule has 1 heterocycles. The number of likely N-dealkylation sites (tertiary alicyclic amines) is 1. The molecule has 0 bridgehead atoms. The molecule has 5 nitrogen and oxygen atoms in total. The number of hydrogen-bond donors (Lipinski definition) is 1. The Labute approximate surface area is 150 Å². The molecule has 1 aliphatic rings. The van der Waals surface area contributed by atoms with Crippen LogP contribution in [0.4, 0.5) is 0 Å². The summed E-state index contributed by atoms with van der Waals surface area (Å²) >= 11 is 0. The Morgan fingerprint density at radius 1 is 1.38 bits per heavy atom. The first kappa shape index (κ1) is 20.6. The predicted octanol–water partition coefficient (Wildman–Crippen LogP) is 2.96. The number of carbonyl (C=O) groups excluding carboxylic acids is 1. The van der Waals surface area contributed by atoms with Gasteiger partial charge in [0.1, 0.15) is 0 Å². The third kappa shape index (κ3) is 5.28. The molecule has 136 valence electrons. The zero-order valence-corrected chi connectivity index (χ0v) is 15.6. The Morgan fingerprint density at radius 3 is 2.71 bits per heavy atom. The van der Waals surface area contributed by atoms with Crippen molar-refractivity contribution in [3.63, 3.8) is 0 Å². The number of carbonyl (C=O) groups is 1. The second-order valence-corrected chi connectivity index (χ2v) is 6.54. The molecular formula is C18H29ClN2O3. The highest BCUT2D eigenvalue weighted by atomic mass is 35.5. The van der Waals surface area contributed by atoms with Crippen LogP contribution >= 0.6 is 12.4 Å². The highest BCUT2D eigenvalue weighted by molar-refractivity contribution is 5.95. The van der Waals surface area contributed by atoms with E-state index in [2.05, 4.69) is 13.8 Å². The minimum absolute atomic E-state index is 0. The molecule has 0 radical (unpaired) electrons. The zero-order chi connectivity index (χ0) is 16.8. The molecule has 2 N–H and O–H groups in total. The summed E-state index contributed by atoms with van der Waals surface area (Å²) in [6.45, 7) is 7.11. The van der Waals surface area contributed by atoms with Crippen molar-refractivity contribution in [3.05, 3.63) is 23.8 Å². The number of nitrogens with zero attached hydrogens (tertiary/aromatic N) is 1. The number of nitrogens with two attached hydrogens (primary N) is 1. The molecule has 1 fully saturated rings. The predicted molar refractivity (Wildman–Crippen MR) is 98.3 cm³/mol. The summed E-state index contributed by atoms with van der Waals surface area (Å²) in [6, 6.07) is 5.40. The molecule has 1 saturated heterocycles. The average Bonchev–Trinajstić information content (AvgIpc) is 3.03. The number of rotatable bonds is 7. The fourth-order valence-electron chi connectivity index (χ4n) is 2.72. The maximum atomic E-state index is 12.6. The van der Waals surface area contributed by atoms with Crippen LogP contribution < -0.4 is 15.2 Å². The van der Waals surface area contributed by atoms with E-state index >= 15 is 0 Å². The zero-order valence-electron chi connectivity index (χ0n) is 14.8. The van der Waals surface area contributed by atoms with E-state index in [0.717, 1.165) is 25.9 Å². The molecule has 2 rings (SSSR count). The van der Waals surface area contributed by atoms with Gasteiger partial charge in [0.15, 0.2) is 11.5 Å². The van der Waals surface area contributed by atoms with Crippen LogP contribution in [0.5, 0.6) is 11.5 Å². The fourth-order valence-corrected chi connectivity index (χ4v) is 2.72. The van der Waals surface area contributed by atoms with E-state index in [4.69, 9.17) is 15.2 Å². The molecule has 6 heteroatoms. The molecule has 0 aromatic heterocycles. The Hall–Kier alpha value is -1.46. The van der Waals surface area contributed by atoms with Gasteiger partial charge in [0, 0.05) is 18.7 Å². The molecule has 0 saturated carbocycles. The van der Waals surface area contributed by atoms with Crippen LogP contribution in [0.1, 0.15) is 37.0 Å². The van der Waals surface area contributed by atoms with E-state index in [-0.39, 0.29) is 18.3 Å². The van der Waals surface area contributed by atoms with Gasteiger partial charge in [0.25, 0.3) is 5.91 Å². The lowest BCUT2D eigenvalue weighted by Gasteiger charge is -2.18. The van der Waals surface area contributed by atoms with E-state index in [1.165, 1.54) is 0 Å². The van der Waals surface area contributed by atoms with Crippen LogP contribution in [0.15, 0.2) is 18.2 Å². The van der Waals surface area contributed by atoms with Crippen molar-refractivity contribution in [3.8, 4) is 11.5 Å². The summed E-state index contributed by atoms with van der Waals surface area (Å²) in [5, 5.41) is 0. The molecule has 0 spiro atoms. The SMILES string of the molecule is COc1cc(C(=O)N2CCC(CN)C2)ccc1OCCC(C)C.Cl. The van der Waals surface area contributed by atoms with Crippen molar-refractivity contribution in [2.24, 2.45) is 17.6 Å². The monoisotopic (exact) mass is 356 g/mol. The number of amides is 1. The second-order valence-electron chi connectivity index (χ2n) is 6.54. The van der Waals surface area contributed by atoms with Gasteiger partial charge in [-0.05, 0) is 49.4 Å². The van der Waals surface area contributed by atoms with Gasteiger partial charge in [0.05, 0.1) is 13.7 Å². The van der Waals surface area contributed by atoms with E-state index < -0.39 is 0 Å². The third-order valence-electron chi connectivity index (χ3n) is 4.27. The van der Waals surface area contributed by atoms with E-state index in [0.29, 0.717) is 42.0 Å². The minimum atomic E-state index is 0. The van der Waals surface area contributed by atoms with Gasteiger partial charge in [-0.2, -0.15) is 0 Å². The molecule has 1 unspecified atom stereocenters. The highest BCUT2D eigenvalue weighted by Crippen LogP contribution is 2.29. The molecular weight excluding hydrogens is 328 g/mol. The molecule has 1 aromatic rings. The van der Waals surface area contributed by atoms with Gasteiger partial charge < -0.3 is 20.1 Å². The van der Waals surface area contributed by atoms with Crippen LogP contribution in [-0.2, 0) is 0 Å². The maximum absolute atomic E-state index is 12.6. The standard InChI is InChI=1S/C18H28N2O3.ClH/c1-13(2)7-9-23-16-5-4-15(10-17(16)22-3)18(21)20-8-6-14(11-19)12-20;/h4-5,10,13-14H,6-9,11-12,19H2,1-3H3;1H. The molecule has 1 atom stereocenters. The van der Waals surface area contributed by atoms with Crippen molar-refractivity contribution < 1.29 is 14.3 Å². The molecule has 24 heavy (non-hydrogen) atoms. The van der Waals surface area contributed by atoms with Crippen molar-refractivity contribution in [2.75, 3.05) is 33.4 Å². The average molecular weight is 357 g/mol. The van der Waals surface area contributed by atoms with Gasteiger partial charge in [0.2, 0.25) is 0 Å². The summed E-state index contributed by atoms with van der Waals surface area (Å²) in [6.07, 6.45) is 1.97. The quantitative estimate of drug-likeness (QED) is 0.815. The summed E-state index contributed by atoms with van der Waals surface area (Å²) in [7, 11) is 1.60. The van der Waals surface area contributed by atoms with Gasteiger partial charge in [-0.15, -0.1) is 12.4 Å². The number of hydrogen-bond acceptors (Lipinski definition) is 4. The number of halogens is 1. The van der Waals surface area contributed by atoms with Crippen LogP contribution in [0.25, 0.3) is 0 Å². The van der Waals surface area contributed by atoms with Crippen LogP contribution in [0.2, 0.25) is 0 Å². The lowest BCUT2D eigenvalue weighted by molar-refractivity contribution is 0.0787. The Kier molecular flexibility index (Phi) is 8.36. The van der Waals surface area contributed by atoms with Gasteiger partial charge >= 0.3 is 0 Å². The number of methoxy groups -OCH3 is 1. The normalized spacial score (nSPS) is 16.9. The second kappa shape index (κ2) is 9.74. The fraction of sp³-hybridized carbons (Fsp3) is 0.611. The van der Waals surface area contributed by atoms with Crippen molar-refractivity contribution >= 4 is 18.3 Å². The summed E-state index contributed by atoms with van der Waals surface area (Å²) in [4.78, 5) is 14.4. The van der Waals surface area contributed by atoms with Gasteiger partial charge in [-0.3, -0.25) is 4.79 Å². The molecule has 1 aromatic carbocycles. The number of ether oxygens (including phenoxy) is 2. The smallest absolute Gasteiger partial charge is 0.254 e. The van der Waals surface area contributed by atoms with E-state index in [9.17, 15) is 4.79 Å². The van der Waals surface area contributed by atoms with Crippen LogP contribution in [0.3, 0.4) is 0 Å². The summed E-state index contributed by atoms with van der Waals surface area (Å²) < 4.78 is 11.1. The summed E-state index contributed by atoms with van der Waals surface area (Å²) in [5.41, 5.74) is 6.33. The Morgan fingerprint density at radius 2 is 2.12 bits per heavy atom. The van der Waals surface area contributed by atoms with Gasteiger partial charge in [-0.1, -0.05) is 13.8 Å². The van der Waals surface area contributed by atoms with Crippen LogP contribution in [-0.4, -0.2) is 44.2 Å². The molecule has 0 aliphatic carbocycles. The lowest BCUT2D eigenvalue weighted by atomic mass is 10.1. The van der Waals surface area contributed by atoms with E-state index in [1.807, 2.05) is 17.0 Å². The van der Waals surface area contributed by atoms with Crippen LogP contribution in [0, 0.1) is 11.8 Å². The molecule has 1 amide bonds. The Bertz CT molecular complexity index is 537. The minimum Gasteiger partial charge on any atom is -0.493 e. The lowest BCUT2D eigenvalue weighted by Crippen LogP contribution is -2.29. The Balaban J connectivity index is 0.00000288. The maximum Gasteiger partial charge on any atom is 0.254 e. The first-order chi connectivity index (χ1) is 11.0. The highest BCUT2D eigenvalue weighted by Gasteiger charge is 2.26. The van der Waals surface area contributed by atoms with Crippen molar-refractivity contribution in [1.29, 1.82) is 0 Å².